The second kappa shape index (κ2) is 3.29. The number of thiophene rings is 1. The molecule has 14 heavy (non-hydrogen) atoms. The number of nitro groups is 1. The number of nitro benzene ring substituents is 1. The monoisotopic (exact) mass is 275 g/mol. The van der Waals surface area contributed by atoms with Crippen molar-refractivity contribution < 1.29 is 9.31 Å². The zero-order valence-corrected chi connectivity index (χ0v) is 9.06. The molecule has 0 aliphatic carbocycles. The molecule has 6 heteroatoms. The largest absolute Gasteiger partial charge is 0.288 e. The maximum Gasteiger partial charge on any atom is 0.288 e. The molecule has 1 heterocycles. The Labute approximate surface area is 90.4 Å². The minimum Gasteiger partial charge on any atom is -0.258 e. The van der Waals surface area contributed by atoms with Crippen LogP contribution in [-0.2, 0) is 0 Å². The fourth-order valence-corrected chi connectivity index (χ4v) is 2.52. The van der Waals surface area contributed by atoms with Crippen LogP contribution in [0.2, 0.25) is 0 Å². The zero-order valence-electron chi connectivity index (χ0n) is 6.66. The predicted octanol–water partition coefficient (Wildman–Crippen LogP) is 3.71. The molecule has 0 atom stereocenters. The number of hydrogen-bond donors (Lipinski definition) is 0. The van der Waals surface area contributed by atoms with E-state index in [2.05, 4.69) is 15.9 Å². The van der Waals surface area contributed by atoms with Gasteiger partial charge in [0.15, 0.2) is 0 Å². The van der Waals surface area contributed by atoms with Gasteiger partial charge in [-0.2, -0.15) is 0 Å². The van der Waals surface area contributed by atoms with E-state index < -0.39 is 10.7 Å². The van der Waals surface area contributed by atoms with E-state index in [1.807, 2.05) is 0 Å². The van der Waals surface area contributed by atoms with E-state index in [1.54, 1.807) is 0 Å². The van der Waals surface area contributed by atoms with Gasteiger partial charge in [-0.25, -0.2) is 4.39 Å². The Morgan fingerprint density at radius 1 is 1.50 bits per heavy atom. The van der Waals surface area contributed by atoms with Crippen molar-refractivity contribution in [2.45, 2.75) is 0 Å². The van der Waals surface area contributed by atoms with Gasteiger partial charge in [0.2, 0.25) is 0 Å². The van der Waals surface area contributed by atoms with E-state index in [4.69, 9.17) is 0 Å². The van der Waals surface area contributed by atoms with Crippen molar-refractivity contribution in [1.82, 2.24) is 0 Å². The summed E-state index contributed by atoms with van der Waals surface area (Å²) in [6.07, 6.45) is 0. The first-order valence-corrected chi connectivity index (χ1v) is 5.27. The van der Waals surface area contributed by atoms with Crippen LogP contribution in [0.5, 0.6) is 0 Å². The molecule has 0 N–H and O–H groups in total. The molecule has 1 aromatic heterocycles. The molecule has 0 fully saturated rings. The minimum absolute atomic E-state index is 0.0664. The zero-order chi connectivity index (χ0) is 10.3. The number of non-ortho nitro benzene ring substituents is 1. The molecule has 3 nitrogen and oxygen atoms in total. The number of hydrogen-bond acceptors (Lipinski definition) is 3. The molecule has 2 aromatic rings. The second-order valence-corrected chi connectivity index (χ2v) is 4.44. The minimum atomic E-state index is -0.511. The molecule has 0 bridgehead atoms. The van der Waals surface area contributed by atoms with Gasteiger partial charge in [0.25, 0.3) is 5.69 Å². The van der Waals surface area contributed by atoms with E-state index in [-0.39, 0.29) is 11.1 Å². The van der Waals surface area contributed by atoms with E-state index in [0.717, 1.165) is 11.3 Å². The first-order chi connectivity index (χ1) is 6.59. The van der Waals surface area contributed by atoms with Gasteiger partial charge in [-0.1, -0.05) is 15.9 Å². The van der Waals surface area contributed by atoms with E-state index in [1.165, 1.54) is 17.5 Å². The fourth-order valence-electron chi connectivity index (χ4n) is 1.19. The summed E-state index contributed by atoms with van der Waals surface area (Å²) in [5, 5.41) is 12.2. The lowest BCUT2D eigenvalue weighted by atomic mass is 10.2. The van der Waals surface area contributed by atoms with Crippen LogP contribution in [0.1, 0.15) is 0 Å². The molecule has 0 saturated heterocycles. The van der Waals surface area contributed by atoms with Crippen LogP contribution >= 0.6 is 27.3 Å². The SMILES string of the molecule is O=[N+]([O-])c1cc(Br)cc2c(F)csc12. The normalized spacial score (nSPS) is 10.7. The highest BCUT2D eigenvalue weighted by Gasteiger charge is 2.17. The third-order valence-electron chi connectivity index (χ3n) is 1.77. The summed E-state index contributed by atoms with van der Waals surface area (Å²) in [5.41, 5.74) is -0.0664. The molecule has 0 spiro atoms. The van der Waals surface area contributed by atoms with Crippen LogP contribution in [0.3, 0.4) is 0 Å². The summed E-state index contributed by atoms with van der Waals surface area (Å²) < 4.78 is 14.0. The molecule has 0 aliphatic heterocycles. The lowest BCUT2D eigenvalue weighted by Gasteiger charge is -1.95. The molecule has 0 aliphatic rings. The van der Waals surface area contributed by atoms with E-state index in [9.17, 15) is 14.5 Å². The Balaban J connectivity index is 2.88. The maximum atomic E-state index is 13.1. The van der Waals surface area contributed by atoms with Crippen LogP contribution in [0.4, 0.5) is 10.1 Å². The van der Waals surface area contributed by atoms with E-state index in [0.29, 0.717) is 9.17 Å². The standard InChI is InChI=1S/C8H3BrFNO2S/c9-4-1-5-6(10)3-14-8(5)7(2-4)11(12)13/h1-3H. The van der Waals surface area contributed by atoms with Gasteiger partial charge in [0.1, 0.15) is 10.5 Å². The highest BCUT2D eigenvalue weighted by Crippen LogP contribution is 2.35. The summed E-state index contributed by atoms with van der Waals surface area (Å²) in [7, 11) is 0. The fraction of sp³-hybridized carbons (Fsp3) is 0. The molecule has 1 aromatic carbocycles. The Kier molecular flexibility index (Phi) is 2.24. The predicted molar refractivity (Wildman–Crippen MR) is 56.1 cm³/mol. The van der Waals surface area contributed by atoms with Crippen LogP contribution in [0, 0.1) is 15.9 Å². The van der Waals surface area contributed by atoms with Crippen molar-refractivity contribution >= 4 is 43.0 Å². The lowest BCUT2D eigenvalue weighted by molar-refractivity contribution is -0.382. The molecular formula is C8H3BrFNO2S. The lowest BCUT2D eigenvalue weighted by Crippen LogP contribution is -1.87. The van der Waals surface area contributed by atoms with Gasteiger partial charge in [-0.3, -0.25) is 10.1 Å². The summed E-state index contributed by atoms with van der Waals surface area (Å²) in [4.78, 5) is 10.1. The first kappa shape index (κ1) is 9.54. The van der Waals surface area contributed by atoms with Crippen molar-refractivity contribution in [3.63, 3.8) is 0 Å². The Hall–Kier alpha value is -1.01. The van der Waals surface area contributed by atoms with Crippen LogP contribution < -0.4 is 0 Å². The number of fused-ring (bicyclic) bond motifs is 1. The Morgan fingerprint density at radius 2 is 2.21 bits per heavy atom. The average Bonchev–Trinajstić information content (AvgIpc) is 2.47. The average molecular weight is 276 g/mol. The van der Waals surface area contributed by atoms with Crippen molar-refractivity contribution in [2.24, 2.45) is 0 Å². The highest BCUT2D eigenvalue weighted by molar-refractivity contribution is 9.10. The van der Waals surface area contributed by atoms with Gasteiger partial charge in [-0.15, -0.1) is 11.3 Å². The van der Waals surface area contributed by atoms with Crippen LogP contribution in [0.15, 0.2) is 22.0 Å². The number of benzene rings is 1. The molecule has 0 saturated carbocycles. The topological polar surface area (TPSA) is 43.1 Å². The summed E-state index contributed by atoms with van der Waals surface area (Å²) in [5.74, 6) is -0.422. The second-order valence-electron chi connectivity index (χ2n) is 2.64. The molecule has 0 unspecified atom stereocenters. The Morgan fingerprint density at radius 3 is 2.86 bits per heavy atom. The maximum absolute atomic E-state index is 13.1. The van der Waals surface area contributed by atoms with E-state index >= 15 is 0 Å². The highest BCUT2D eigenvalue weighted by atomic mass is 79.9. The van der Waals surface area contributed by atoms with Crippen molar-refractivity contribution in [1.29, 1.82) is 0 Å². The molecule has 0 radical (unpaired) electrons. The molecule has 0 amide bonds. The molecule has 2 rings (SSSR count). The molecule has 72 valence electrons. The van der Waals surface area contributed by atoms with Crippen LogP contribution in [-0.4, -0.2) is 4.92 Å². The summed E-state index contributed by atoms with van der Waals surface area (Å²) in [6.45, 7) is 0. The third kappa shape index (κ3) is 1.40. The van der Waals surface area contributed by atoms with Crippen LogP contribution in [0.25, 0.3) is 10.1 Å². The third-order valence-corrected chi connectivity index (χ3v) is 3.22. The van der Waals surface area contributed by atoms with Crippen molar-refractivity contribution in [3.8, 4) is 0 Å². The summed E-state index contributed by atoms with van der Waals surface area (Å²) >= 11 is 4.14. The quantitative estimate of drug-likeness (QED) is 0.588. The van der Waals surface area contributed by atoms with Gasteiger partial charge < -0.3 is 0 Å². The number of nitrogens with zero attached hydrogens (tertiary/aromatic N) is 1. The Bertz CT molecular complexity index is 525. The summed E-state index contributed by atoms with van der Waals surface area (Å²) in [6, 6.07) is 2.91. The van der Waals surface area contributed by atoms with Gasteiger partial charge in [0.05, 0.1) is 4.92 Å². The van der Waals surface area contributed by atoms with Crippen molar-refractivity contribution in [2.75, 3.05) is 0 Å². The van der Waals surface area contributed by atoms with Gasteiger partial charge >= 0.3 is 0 Å². The number of halogens is 2. The van der Waals surface area contributed by atoms with Gasteiger partial charge in [-0.05, 0) is 6.07 Å². The first-order valence-electron chi connectivity index (χ1n) is 3.60. The van der Waals surface area contributed by atoms with Gasteiger partial charge in [0, 0.05) is 21.3 Å². The van der Waals surface area contributed by atoms with Crippen molar-refractivity contribution in [3.05, 3.63) is 37.9 Å². The smallest absolute Gasteiger partial charge is 0.258 e. The molecular weight excluding hydrogens is 273 g/mol. The number of rotatable bonds is 1.